The summed E-state index contributed by atoms with van der Waals surface area (Å²) in [5.41, 5.74) is 4.83. The Morgan fingerprint density at radius 2 is 2.03 bits per heavy atom. The Kier molecular flexibility index (Phi) is 9.44. The quantitative estimate of drug-likeness (QED) is 0.418. The third kappa shape index (κ3) is 7.77. The molecule has 0 aliphatic carbocycles. The van der Waals surface area contributed by atoms with Gasteiger partial charge in [-0.25, -0.2) is 0 Å². The highest BCUT2D eigenvalue weighted by atomic mass is 19.4. The Morgan fingerprint density at radius 3 is 2.65 bits per heavy atom. The first-order chi connectivity index (χ1) is 16.0. The lowest BCUT2D eigenvalue weighted by Crippen LogP contribution is -2.35. The first-order valence-electron chi connectivity index (χ1n) is 10.6. The zero-order chi connectivity index (χ0) is 25.3. The highest BCUT2D eigenvalue weighted by Gasteiger charge is 2.31. The van der Waals surface area contributed by atoms with Crippen LogP contribution in [-0.4, -0.2) is 54.1 Å². The number of rotatable bonds is 11. The van der Waals surface area contributed by atoms with Gasteiger partial charge in [0.15, 0.2) is 11.4 Å². The first-order valence-corrected chi connectivity index (χ1v) is 10.6. The number of anilines is 3. The second kappa shape index (κ2) is 12.0. The van der Waals surface area contributed by atoms with Gasteiger partial charge in [0.2, 0.25) is 17.7 Å². The van der Waals surface area contributed by atoms with Crippen molar-refractivity contribution in [3.63, 3.8) is 0 Å². The van der Waals surface area contributed by atoms with Gasteiger partial charge in [-0.15, -0.1) is 0 Å². The molecule has 0 aliphatic rings. The van der Waals surface area contributed by atoms with Gasteiger partial charge in [-0.1, -0.05) is 6.07 Å². The summed E-state index contributed by atoms with van der Waals surface area (Å²) in [7, 11) is 3.85. The zero-order valence-electron chi connectivity index (χ0n) is 19.2. The zero-order valence-corrected chi connectivity index (χ0v) is 19.2. The van der Waals surface area contributed by atoms with Gasteiger partial charge in [-0.3, -0.25) is 4.79 Å². The summed E-state index contributed by atoms with van der Waals surface area (Å²) in [6.45, 7) is 2.73. The van der Waals surface area contributed by atoms with Crippen LogP contribution in [0.5, 0.6) is 5.88 Å². The molecule has 1 heterocycles. The SMILES string of the molecule is CCOc1nc(N)nc(N[C@@H](CCCCN(C)C)C(=O)Nc2cccc(C(F)(F)F)c2)c1C#N. The Hall–Kier alpha value is -3.59. The molecule has 1 aromatic carbocycles. The van der Waals surface area contributed by atoms with Gasteiger partial charge in [-0.05, 0) is 65.0 Å². The minimum Gasteiger partial charge on any atom is -0.477 e. The standard InChI is InChI=1S/C22H28F3N7O2/c1-4-34-20-16(13-26)18(30-21(27)31-20)29-17(10-5-6-11-32(2)3)19(33)28-15-9-7-8-14(12-15)22(23,24)25/h7-9,12,17H,4-6,10-11H2,1-3H3,(H,28,33)(H3,27,29,30,31)/t17-/m0/s1. The Labute approximate surface area is 196 Å². The number of nitriles is 1. The summed E-state index contributed by atoms with van der Waals surface area (Å²) in [6.07, 6.45) is -2.80. The molecule has 2 aromatic rings. The number of aromatic nitrogens is 2. The number of unbranched alkanes of at least 4 members (excludes halogenated alkanes) is 1. The number of benzene rings is 1. The van der Waals surface area contributed by atoms with Crippen molar-refractivity contribution in [2.24, 2.45) is 0 Å². The van der Waals surface area contributed by atoms with Crippen LogP contribution in [0.4, 0.5) is 30.6 Å². The third-order valence-electron chi connectivity index (χ3n) is 4.72. The molecule has 1 amide bonds. The van der Waals surface area contributed by atoms with Gasteiger partial charge in [0.1, 0.15) is 12.1 Å². The molecule has 12 heteroatoms. The van der Waals surface area contributed by atoms with E-state index in [1.165, 1.54) is 12.1 Å². The van der Waals surface area contributed by atoms with Crippen LogP contribution in [0.1, 0.15) is 37.3 Å². The van der Waals surface area contributed by atoms with Crippen molar-refractivity contribution >= 4 is 23.4 Å². The monoisotopic (exact) mass is 479 g/mol. The number of alkyl halides is 3. The van der Waals surface area contributed by atoms with Crippen LogP contribution >= 0.6 is 0 Å². The van der Waals surface area contributed by atoms with Crippen LogP contribution in [-0.2, 0) is 11.0 Å². The highest BCUT2D eigenvalue weighted by Crippen LogP contribution is 2.31. The fraction of sp³-hybridized carbons (Fsp3) is 0.455. The largest absolute Gasteiger partial charge is 0.477 e. The number of carbonyl (C=O) groups excluding carboxylic acids is 1. The van der Waals surface area contributed by atoms with Crippen molar-refractivity contribution in [2.75, 3.05) is 43.6 Å². The molecule has 0 unspecified atom stereocenters. The summed E-state index contributed by atoms with van der Waals surface area (Å²) in [6, 6.07) is 5.40. The van der Waals surface area contributed by atoms with E-state index >= 15 is 0 Å². The molecule has 2 rings (SSSR count). The van der Waals surface area contributed by atoms with Crippen molar-refractivity contribution in [3.05, 3.63) is 35.4 Å². The van der Waals surface area contributed by atoms with E-state index in [1.807, 2.05) is 25.1 Å². The van der Waals surface area contributed by atoms with E-state index in [2.05, 4.69) is 20.6 Å². The van der Waals surface area contributed by atoms with E-state index in [0.29, 0.717) is 12.8 Å². The van der Waals surface area contributed by atoms with Crippen LogP contribution in [0.3, 0.4) is 0 Å². The van der Waals surface area contributed by atoms with Crippen molar-refractivity contribution in [1.82, 2.24) is 14.9 Å². The summed E-state index contributed by atoms with van der Waals surface area (Å²) >= 11 is 0. The molecule has 0 aliphatic heterocycles. The van der Waals surface area contributed by atoms with Crippen molar-refractivity contribution < 1.29 is 22.7 Å². The minimum absolute atomic E-state index is 0.00219. The average Bonchev–Trinajstić information content (AvgIpc) is 2.75. The molecule has 0 saturated carbocycles. The van der Waals surface area contributed by atoms with Gasteiger partial charge in [0.25, 0.3) is 0 Å². The van der Waals surface area contributed by atoms with Gasteiger partial charge in [0, 0.05) is 5.69 Å². The summed E-state index contributed by atoms with van der Waals surface area (Å²) in [5, 5.41) is 15.0. The fourth-order valence-electron chi connectivity index (χ4n) is 3.12. The molecule has 34 heavy (non-hydrogen) atoms. The van der Waals surface area contributed by atoms with E-state index in [-0.39, 0.29) is 35.5 Å². The molecule has 9 nitrogen and oxygen atoms in total. The predicted octanol–water partition coefficient (Wildman–Crippen LogP) is 3.50. The second-order valence-corrected chi connectivity index (χ2v) is 7.72. The summed E-state index contributed by atoms with van der Waals surface area (Å²) < 4.78 is 44.5. The van der Waals surface area contributed by atoms with Crippen molar-refractivity contribution in [1.29, 1.82) is 5.26 Å². The Balaban J connectivity index is 2.30. The Bertz CT molecular complexity index is 1020. The smallest absolute Gasteiger partial charge is 0.416 e. The lowest BCUT2D eigenvalue weighted by atomic mass is 10.1. The lowest BCUT2D eigenvalue weighted by Gasteiger charge is -2.21. The maximum atomic E-state index is 13.0. The molecule has 1 aromatic heterocycles. The molecule has 0 radical (unpaired) electrons. The molecule has 1 atom stereocenters. The number of nitrogens with one attached hydrogen (secondary N) is 2. The second-order valence-electron chi connectivity index (χ2n) is 7.72. The normalized spacial score (nSPS) is 12.2. The van der Waals surface area contributed by atoms with E-state index < -0.39 is 23.7 Å². The minimum atomic E-state index is -4.54. The molecule has 0 bridgehead atoms. The lowest BCUT2D eigenvalue weighted by molar-refractivity contribution is -0.137. The molecular formula is C22H28F3N7O2. The number of halogens is 3. The molecule has 184 valence electrons. The summed E-state index contributed by atoms with van der Waals surface area (Å²) in [4.78, 5) is 23.0. The van der Waals surface area contributed by atoms with Crippen molar-refractivity contribution in [2.45, 2.75) is 38.4 Å². The van der Waals surface area contributed by atoms with E-state index in [4.69, 9.17) is 10.5 Å². The van der Waals surface area contributed by atoms with E-state index in [9.17, 15) is 23.2 Å². The van der Waals surface area contributed by atoms with Gasteiger partial charge in [-0.2, -0.15) is 28.4 Å². The van der Waals surface area contributed by atoms with E-state index in [1.54, 1.807) is 6.92 Å². The predicted molar refractivity (Wildman–Crippen MR) is 122 cm³/mol. The Morgan fingerprint density at radius 1 is 1.29 bits per heavy atom. The number of hydrogen-bond acceptors (Lipinski definition) is 8. The van der Waals surface area contributed by atoms with Crippen LogP contribution in [0.25, 0.3) is 0 Å². The number of hydrogen-bond donors (Lipinski definition) is 3. The molecule has 4 N–H and O–H groups in total. The molecule has 0 saturated heterocycles. The summed E-state index contributed by atoms with van der Waals surface area (Å²) in [5.74, 6) is -0.752. The third-order valence-corrected chi connectivity index (χ3v) is 4.72. The van der Waals surface area contributed by atoms with Crippen LogP contribution in [0, 0.1) is 11.3 Å². The number of nitrogens with two attached hydrogens (primary N) is 1. The average molecular weight is 480 g/mol. The number of nitrogens with zero attached hydrogens (tertiary/aromatic N) is 4. The first kappa shape index (κ1) is 26.7. The maximum Gasteiger partial charge on any atom is 0.416 e. The maximum absolute atomic E-state index is 13.0. The van der Waals surface area contributed by atoms with Crippen molar-refractivity contribution in [3.8, 4) is 11.9 Å². The molecule has 0 fully saturated rings. The molecule has 0 spiro atoms. The van der Waals surface area contributed by atoms with Gasteiger partial charge >= 0.3 is 6.18 Å². The van der Waals surface area contributed by atoms with Crippen LogP contribution in [0.15, 0.2) is 24.3 Å². The number of amides is 1. The number of nitrogen functional groups attached to an aromatic ring is 1. The highest BCUT2D eigenvalue weighted by molar-refractivity contribution is 5.96. The topological polar surface area (TPSA) is 129 Å². The van der Waals surface area contributed by atoms with Crippen LogP contribution < -0.4 is 21.1 Å². The number of carbonyl (C=O) groups is 1. The van der Waals surface area contributed by atoms with Gasteiger partial charge < -0.3 is 26.0 Å². The van der Waals surface area contributed by atoms with Crippen LogP contribution in [0.2, 0.25) is 0 Å². The van der Waals surface area contributed by atoms with E-state index in [0.717, 1.165) is 25.1 Å². The fourth-order valence-corrected chi connectivity index (χ4v) is 3.12. The van der Waals surface area contributed by atoms with Gasteiger partial charge in [0.05, 0.1) is 12.2 Å². The molecular weight excluding hydrogens is 451 g/mol. The number of ether oxygens (including phenoxy) is 1.